The molecule has 0 saturated carbocycles. The third kappa shape index (κ3) is 2.44. The van der Waals surface area contributed by atoms with Crippen molar-refractivity contribution in [1.29, 1.82) is 0 Å². The Morgan fingerprint density at radius 1 is 0.950 bits per heavy atom. The third-order valence-electron chi connectivity index (χ3n) is 3.69. The summed E-state index contributed by atoms with van der Waals surface area (Å²) in [5.41, 5.74) is 3.54. The molecule has 2 aromatic carbocycles. The highest BCUT2D eigenvalue weighted by molar-refractivity contribution is 5.79. The van der Waals surface area contributed by atoms with Crippen LogP contribution in [-0.4, -0.2) is 20.2 Å². The summed E-state index contributed by atoms with van der Waals surface area (Å²) in [5, 5.41) is 3.52. The molecule has 1 heterocycles. The molecule has 0 bridgehead atoms. The fourth-order valence-electron chi connectivity index (χ4n) is 2.70. The Morgan fingerprint density at radius 2 is 1.70 bits per heavy atom. The second kappa shape index (κ2) is 5.87. The van der Waals surface area contributed by atoms with Gasteiger partial charge in [0.05, 0.1) is 24.2 Å². The maximum Gasteiger partial charge on any atom is 0.142 e. The standard InChI is InChI=1S/C17H20N2O/c1-20-17-11-5-4-10-16(17)19-13-7-6-12-18-14-8-2-3-9-15(14)19/h2-5,8-11,18H,6-7,12-13H2,1H3. The molecule has 20 heavy (non-hydrogen) atoms. The summed E-state index contributed by atoms with van der Waals surface area (Å²) in [6.07, 6.45) is 2.35. The van der Waals surface area contributed by atoms with Crippen molar-refractivity contribution in [1.82, 2.24) is 0 Å². The van der Waals surface area contributed by atoms with Crippen LogP contribution < -0.4 is 15.0 Å². The number of nitrogens with zero attached hydrogens (tertiary/aromatic N) is 1. The van der Waals surface area contributed by atoms with Crippen LogP contribution in [0.4, 0.5) is 17.1 Å². The number of anilines is 3. The van der Waals surface area contributed by atoms with Crippen molar-refractivity contribution in [3.05, 3.63) is 48.5 Å². The lowest BCUT2D eigenvalue weighted by atomic mass is 10.1. The molecular formula is C17H20N2O. The molecule has 1 N–H and O–H groups in total. The summed E-state index contributed by atoms with van der Waals surface area (Å²) in [6, 6.07) is 16.7. The van der Waals surface area contributed by atoms with Gasteiger partial charge in [-0.05, 0) is 37.1 Å². The first-order valence-corrected chi connectivity index (χ1v) is 7.13. The molecular weight excluding hydrogens is 248 g/mol. The van der Waals surface area contributed by atoms with Gasteiger partial charge in [0.2, 0.25) is 0 Å². The van der Waals surface area contributed by atoms with Gasteiger partial charge < -0.3 is 15.0 Å². The second-order valence-electron chi connectivity index (χ2n) is 4.97. The highest BCUT2D eigenvalue weighted by Crippen LogP contribution is 2.38. The van der Waals surface area contributed by atoms with Crippen LogP contribution in [0.1, 0.15) is 12.8 Å². The third-order valence-corrected chi connectivity index (χ3v) is 3.69. The predicted molar refractivity (Wildman–Crippen MR) is 84.2 cm³/mol. The predicted octanol–water partition coefficient (Wildman–Crippen LogP) is 4.04. The highest BCUT2D eigenvalue weighted by Gasteiger charge is 2.17. The minimum absolute atomic E-state index is 0.919. The smallest absolute Gasteiger partial charge is 0.142 e. The molecule has 3 nitrogen and oxygen atoms in total. The van der Waals surface area contributed by atoms with E-state index in [0.717, 1.165) is 24.5 Å². The highest BCUT2D eigenvalue weighted by atomic mass is 16.5. The number of rotatable bonds is 2. The zero-order chi connectivity index (χ0) is 13.8. The van der Waals surface area contributed by atoms with Crippen LogP contribution in [0.2, 0.25) is 0 Å². The first-order valence-electron chi connectivity index (χ1n) is 7.13. The Kier molecular flexibility index (Phi) is 3.77. The van der Waals surface area contributed by atoms with E-state index in [0.29, 0.717) is 0 Å². The van der Waals surface area contributed by atoms with Gasteiger partial charge in [-0.25, -0.2) is 0 Å². The maximum atomic E-state index is 5.52. The van der Waals surface area contributed by atoms with Gasteiger partial charge in [-0.1, -0.05) is 24.3 Å². The molecule has 0 saturated heterocycles. The summed E-state index contributed by atoms with van der Waals surface area (Å²) in [5.74, 6) is 0.919. The number of para-hydroxylation sites is 4. The van der Waals surface area contributed by atoms with Crippen LogP contribution in [-0.2, 0) is 0 Å². The zero-order valence-electron chi connectivity index (χ0n) is 11.8. The molecule has 0 spiro atoms. The van der Waals surface area contributed by atoms with Gasteiger partial charge in [0, 0.05) is 13.1 Å². The molecule has 0 atom stereocenters. The minimum Gasteiger partial charge on any atom is -0.495 e. The van der Waals surface area contributed by atoms with Crippen LogP contribution in [0, 0.1) is 0 Å². The SMILES string of the molecule is COc1ccccc1N1CCCCNc2ccccc21. The molecule has 0 aliphatic carbocycles. The first kappa shape index (κ1) is 12.9. The average molecular weight is 268 g/mol. The number of ether oxygens (including phenoxy) is 1. The van der Waals surface area contributed by atoms with Crippen molar-refractivity contribution in [2.45, 2.75) is 12.8 Å². The summed E-state index contributed by atoms with van der Waals surface area (Å²) in [6.45, 7) is 2.05. The lowest BCUT2D eigenvalue weighted by molar-refractivity contribution is 0.415. The molecule has 3 heteroatoms. The molecule has 0 radical (unpaired) electrons. The fraction of sp³-hybridized carbons (Fsp3) is 0.294. The first-order chi connectivity index (χ1) is 9.90. The van der Waals surface area contributed by atoms with E-state index in [1.54, 1.807) is 7.11 Å². The summed E-state index contributed by atoms with van der Waals surface area (Å²) >= 11 is 0. The van der Waals surface area contributed by atoms with Gasteiger partial charge >= 0.3 is 0 Å². The van der Waals surface area contributed by atoms with Crippen molar-refractivity contribution in [3.8, 4) is 5.75 Å². The minimum atomic E-state index is 0.919. The van der Waals surface area contributed by atoms with Gasteiger partial charge in [-0.2, -0.15) is 0 Å². The fourth-order valence-corrected chi connectivity index (χ4v) is 2.70. The van der Waals surface area contributed by atoms with Crippen LogP contribution in [0.25, 0.3) is 0 Å². The second-order valence-corrected chi connectivity index (χ2v) is 4.97. The van der Waals surface area contributed by atoms with E-state index in [9.17, 15) is 0 Å². The largest absolute Gasteiger partial charge is 0.495 e. The topological polar surface area (TPSA) is 24.5 Å². The Labute approximate surface area is 120 Å². The number of nitrogens with one attached hydrogen (secondary N) is 1. The van der Waals surface area contributed by atoms with Gasteiger partial charge in [0.1, 0.15) is 5.75 Å². The van der Waals surface area contributed by atoms with Gasteiger partial charge in [0.15, 0.2) is 0 Å². The number of fused-ring (bicyclic) bond motifs is 1. The van der Waals surface area contributed by atoms with E-state index in [2.05, 4.69) is 46.6 Å². The van der Waals surface area contributed by atoms with E-state index in [1.807, 2.05) is 12.1 Å². The van der Waals surface area contributed by atoms with Crippen molar-refractivity contribution in [2.24, 2.45) is 0 Å². The van der Waals surface area contributed by atoms with Crippen LogP contribution in [0.15, 0.2) is 48.5 Å². The molecule has 1 aliphatic rings. The monoisotopic (exact) mass is 268 g/mol. The van der Waals surface area contributed by atoms with Gasteiger partial charge in [-0.15, -0.1) is 0 Å². The maximum absolute atomic E-state index is 5.52. The molecule has 0 unspecified atom stereocenters. The van der Waals surface area contributed by atoms with E-state index < -0.39 is 0 Å². The number of hydrogen-bond acceptors (Lipinski definition) is 3. The van der Waals surface area contributed by atoms with Crippen LogP contribution in [0.3, 0.4) is 0 Å². The lowest BCUT2D eigenvalue weighted by Crippen LogP contribution is -2.23. The van der Waals surface area contributed by atoms with E-state index in [-0.39, 0.29) is 0 Å². The van der Waals surface area contributed by atoms with Gasteiger partial charge in [-0.3, -0.25) is 0 Å². The average Bonchev–Trinajstić information content (AvgIpc) is 2.48. The molecule has 0 amide bonds. The normalized spacial score (nSPS) is 14.8. The van der Waals surface area contributed by atoms with Crippen molar-refractivity contribution < 1.29 is 4.74 Å². The van der Waals surface area contributed by atoms with E-state index in [4.69, 9.17) is 4.74 Å². The molecule has 1 aliphatic heterocycles. The molecule has 2 aromatic rings. The molecule has 104 valence electrons. The summed E-state index contributed by atoms with van der Waals surface area (Å²) < 4.78 is 5.52. The van der Waals surface area contributed by atoms with Crippen molar-refractivity contribution in [3.63, 3.8) is 0 Å². The van der Waals surface area contributed by atoms with Crippen LogP contribution >= 0.6 is 0 Å². The molecule has 0 aromatic heterocycles. The molecule has 0 fully saturated rings. The van der Waals surface area contributed by atoms with E-state index in [1.165, 1.54) is 24.2 Å². The Bertz CT molecular complexity index is 583. The summed E-state index contributed by atoms with van der Waals surface area (Å²) in [4.78, 5) is 2.35. The molecule has 3 rings (SSSR count). The van der Waals surface area contributed by atoms with Crippen molar-refractivity contribution >= 4 is 17.1 Å². The summed E-state index contributed by atoms with van der Waals surface area (Å²) in [7, 11) is 1.73. The van der Waals surface area contributed by atoms with Crippen LogP contribution in [0.5, 0.6) is 5.75 Å². The lowest BCUT2D eigenvalue weighted by Gasteiger charge is -2.30. The number of benzene rings is 2. The van der Waals surface area contributed by atoms with Gasteiger partial charge in [0.25, 0.3) is 0 Å². The Morgan fingerprint density at radius 3 is 2.55 bits per heavy atom. The number of hydrogen-bond donors (Lipinski definition) is 1. The number of methoxy groups -OCH3 is 1. The Balaban J connectivity index is 2.08. The quantitative estimate of drug-likeness (QED) is 0.889. The zero-order valence-corrected chi connectivity index (χ0v) is 11.8. The Hall–Kier alpha value is -2.16. The van der Waals surface area contributed by atoms with Crippen molar-refractivity contribution in [2.75, 3.05) is 30.4 Å². The van der Waals surface area contributed by atoms with E-state index >= 15 is 0 Å².